The number of halogens is 1. The third-order valence-electron chi connectivity index (χ3n) is 6.56. The minimum absolute atomic E-state index is 0.167. The maximum absolute atomic E-state index is 12.1. The van der Waals surface area contributed by atoms with Crippen molar-refractivity contribution < 1.29 is 4.21 Å². The van der Waals surface area contributed by atoms with E-state index in [4.69, 9.17) is 16.7 Å². The lowest BCUT2D eigenvalue weighted by Gasteiger charge is -2.45. The Morgan fingerprint density at radius 3 is 2.64 bits per heavy atom. The lowest BCUT2D eigenvalue weighted by molar-refractivity contribution is 0.170. The molecule has 0 amide bonds. The van der Waals surface area contributed by atoms with Gasteiger partial charge in [0, 0.05) is 13.1 Å². The van der Waals surface area contributed by atoms with Crippen LogP contribution >= 0.6 is 11.6 Å². The lowest BCUT2D eigenvalue weighted by atomic mass is 9.67. The van der Waals surface area contributed by atoms with Gasteiger partial charge < -0.3 is 4.90 Å². The van der Waals surface area contributed by atoms with Gasteiger partial charge in [-0.1, -0.05) is 24.3 Å². The largest absolute Gasteiger partial charge is 0.354 e. The molecule has 4 rings (SSSR count). The summed E-state index contributed by atoms with van der Waals surface area (Å²) < 4.78 is 11.7. The number of nitrogens with zero attached hydrogens (tertiary/aromatic N) is 4. The van der Waals surface area contributed by atoms with Crippen molar-refractivity contribution >= 4 is 28.4 Å². The summed E-state index contributed by atoms with van der Waals surface area (Å²) >= 11 is 5.77. The summed E-state index contributed by atoms with van der Waals surface area (Å²) in [4.78, 5) is 6.29. The summed E-state index contributed by atoms with van der Waals surface area (Å²) in [6.07, 6.45) is 5.68. The highest BCUT2D eigenvalue weighted by Crippen LogP contribution is 2.56. The molecule has 1 aliphatic heterocycles. The number of hydrogen-bond acceptors (Lipinski definition) is 5. The van der Waals surface area contributed by atoms with E-state index in [1.807, 2.05) is 13.8 Å². The van der Waals surface area contributed by atoms with Gasteiger partial charge in [-0.2, -0.15) is 0 Å². The molecule has 150 valence electrons. The van der Waals surface area contributed by atoms with E-state index in [1.165, 1.54) is 11.1 Å². The monoisotopic (exact) mass is 419 g/mol. The van der Waals surface area contributed by atoms with E-state index < -0.39 is 15.7 Å². The van der Waals surface area contributed by atoms with Crippen molar-refractivity contribution in [2.24, 2.45) is 10.6 Å². The summed E-state index contributed by atoms with van der Waals surface area (Å²) in [5.74, 6) is 1.14. The standard InChI is InChI=1S/C20H26ClN5OS/c1-19(2,28(22)27)12-16-15-6-4-3-5-14(15)11-20(16)7-9-26(10-8-20)17-13-23-18(21)25-24-17/h3-6,13,16H,7-12,22H2,1-2H3/t16-,28?/m1/s1. The first-order valence-corrected chi connectivity index (χ1v) is 11.2. The maximum Gasteiger partial charge on any atom is 0.243 e. The van der Waals surface area contributed by atoms with Gasteiger partial charge in [0.2, 0.25) is 5.28 Å². The molecule has 2 atom stereocenters. The topological polar surface area (TPSA) is 85.0 Å². The number of piperidine rings is 1. The highest BCUT2D eigenvalue weighted by molar-refractivity contribution is 7.84. The number of rotatable bonds is 4. The smallest absolute Gasteiger partial charge is 0.243 e. The molecule has 0 saturated carbocycles. The fourth-order valence-corrected chi connectivity index (χ4v) is 5.29. The van der Waals surface area contributed by atoms with Gasteiger partial charge >= 0.3 is 0 Å². The van der Waals surface area contributed by atoms with Crippen LogP contribution in [-0.4, -0.2) is 37.2 Å². The zero-order valence-corrected chi connectivity index (χ0v) is 17.8. The number of fused-ring (bicyclic) bond motifs is 1. The van der Waals surface area contributed by atoms with E-state index in [-0.39, 0.29) is 10.7 Å². The van der Waals surface area contributed by atoms with Crippen LogP contribution in [0.15, 0.2) is 30.5 Å². The van der Waals surface area contributed by atoms with Gasteiger partial charge in [-0.25, -0.2) is 9.19 Å². The van der Waals surface area contributed by atoms with Gasteiger partial charge in [-0.05, 0) is 73.6 Å². The van der Waals surface area contributed by atoms with Crippen LogP contribution in [0.2, 0.25) is 5.28 Å². The Morgan fingerprint density at radius 2 is 2.00 bits per heavy atom. The molecule has 8 heteroatoms. The van der Waals surface area contributed by atoms with E-state index in [0.29, 0.717) is 5.92 Å². The number of nitrogens with two attached hydrogens (primary N) is 1. The predicted molar refractivity (Wildman–Crippen MR) is 113 cm³/mol. The fraction of sp³-hybridized carbons (Fsp3) is 0.550. The van der Waals surface area contributed by atoms with E-state index in [1.54, 1.807) is 6.20 Å². The Morgan fingerprint density at radius 1 is 1.29 bits per heavy atom. The SMILES string of the molecule is CC(C)(C[C@@H]1c2ccccc2CC12CCN(c1cnc(Cl)nn1)CC2)S(N)=O. The van der Waals surface area contributed by atoms with Gasteiger partial charge in [0.05, 0.1) is 21.9 Å². The van der Waals surface area contributed by atoms with Gasteiger partial charge in [0.25, 0.3) is 0 Å². The summed E-state index contributed by atoms with van der Waals surface area (Å²) in [6, 6.07) is 8.71. The van der Waals surface area contributed by atoms with Crippen molar-refractivity contribution in [2.45, 2.75) is 50.2 Å². The normalized spacial score (nSPS) is 22.3. The van der Waals surface area contributed by atoms with Crippen molar-refractivity contribution in [1.82, 2.24) is 15.2 Å². The van der Waals surface area contributed by atoms with Crippen LogP contribution in [0.4, 0.5) is 5.82 Å². The molecule has 0 radical (unpaired) electrons. The minimum Gasteiger partial charge on any atom is -0.354 e. The summed E-state index contributed by atoms with van der Waals surface area (Å²) in [6.45, 7) is 5.83. The maximum atomic E-state index is 12.1. The van der Waals surface area contributed by atoms with Crippen molar-refractivity contribution in [3.05, 3.63) is 46.9 Å². The molecule has 1 aliphatic carbocycles. The van der Waals surface area contributed by atoms with E-state index >= 15 is 0 Å². The highest BCUT2D eigenvalue weighted by atomic mass is 35.5. The third kappa shape index (κ3) is 3.55. The third-order valence-corrected chi connectivity index (χ3v) is 7.99. The van der Waals surface area contributed by atoms with Crippen LogP contribution in [0.3, 0.4) is 0 Å². The second-order valence-electron chi connectivity index (χ2n) is 8.62. The summed E-state index contributed by atoms with van der Waals surface area (Å²) in [5.41, 5.74) is 3.00. The number of aromatic nitrogens is 3. The lowest BCUT2D eigenvalue weighted by Crippen LogP contribution is -2.45. The summed E-state index contributed by atoms with van der Waals surface area (Å²) in [7, 11) is -1.36. The van der Waals surface area contributed by atoms with Gasteiger partial charge in [0.1, 0.15) is 0 Å². The Labute approximate surface area is 173 Å². The predicted octanol–water partition coefficient (Wildman–Crippen LogP) is 3.24. The molecule has 1 aromatic heterocycles. The fourth-order valence-electron chi connectivity index (χ4n) is 4.87. The average Bonchev–Trinajstić information content (AvgIpc) is 2.96. The molecule has 1 unspecified atom stereocenters. The Bertz CT molecular complexity index is 880. The quantitative estimate of drug-likeness (QED) is 0.822. The van der Waals surface area contributed by atoms with Crippen LogP contribution in [0.25, 0.3) is 0 Å². The van der Waals surface area contributed by atoms with Crippen molar-refractivity contribution in [3.63, 3.8) is 0 Å². The second-order valence-corrected chi connectivity index (χ2v) is 10.7. The van der Waals surface area contributed by atoms with Gasteiger partial charge in [0.15, 0.2) is 5.82 Å². The molecule has 6 nitrogen and oxygen atoms in total. The molecule has 2 N–H and O–H groups in total. The number of anilines is 1. The summed E-state index contributed by atoms with van der Waals surface area (Å²) in [5, 5.41) is 14.1. The first-order chi connectivity index (χ1) is 13.3. The van der Waals surface area contributed by atoms with E-state index in [9.17, 15) is 4.21 Å². The first-order valence-electron chi connectivity index (χ1n) is 9.65. The first kappa shape index (κ1) is 19.7. The van der Waals surface area contributed by atoms with Crippen LogP contribution < -0.4 is 10.0 Å². The zero-order valence-electron chi connectivity index (χ0n) is 16.3. The van der Waals surface area contributed by atoms with Crippen LogP contribution in [0.1, 0.15) is 50.2 Å². The highest BCUT2D eigenvalue weighted by Gasteiger charge is 2.49. The molecule has 2 heterocycles. The van der Waals surface area contributed by atoms with Crippen molar-refractivity contribution in [2.75, 3.05) is 18.0 Å². The van der Waals surface area contributed by atoms with Crippen molar-refractivity contribution in [1.29, 1.82) is 0 Å². The number of hydrogen-bond donors (Lipinski definition) is 1. The second kappa shape index (κ2) is 7.35. The number of benzene rings is 1. The van der Waals surface area contributed by atoms with E-state index in [2.05, 4.69) is 44.3 Å². The Kier molecular flexibility index (Phi) is 5.18. The van der Waals surface area contributed by atoms with Crippen LogP contribution in [0, 0.1) is 5.41 Å². The Hall–Kier alpha value is -1.57. The van der Waals surface area contributed by atoms with Crippen molar-refractivity contribution in [3.8, 4) is 0 Å². The molecule has 2 aromatic rings. The molecule has 2 aliphatic rings. The molecule has 1 spiro atoms. The molecule has 0 bridgehead atoms. The molecule has 1 aromatic carbocycles. The molecule has 1 saturated heterocycles. The minimum atomic E-state index is -1.36. The van der Waals surface area contributed by atoms with Gasteiger partial charge in [-0.3, -0.25) is 5.14 Å². The molecule has 28 heavy (non-hydrogen) atoms. The molecular formula is C20H26ClN5OS. The van der Waals surface area contributed by atoms with Crippen LogP contribution in [0.5, 0.6) is 0 Å². The van der Waals surface area contributed by atoms with Crippen LogP contribution in [-0.2, 0) is 17.4 Å². The molecular weight excluding hydrogens is 394 g/mol. The van der Waals surface area contributed by atoms with E-state index in [0.717, 1.165) is 44.6 Å². The molecule has 1 fully saturated rings. The zero-order chi connectivity index (χ0) is 19.9. The van der Waals surface area contributed by atoms with Gasteiger partial charge in [-0.15, -0.1) is 10.2 Å². The average molecular weight is 420 g/mol. The Balaban J connectivity index is 1.59.